The Balaban J connectivity index is 2.40. The van der Waals surface area contributed by atoms with Crippen LogP contribution in [0, 0.1) is 13.8 Å². The summed E-state index contributed by atoms with van der Waals surface area (Å²) >= 11 is 0. The van der Waals surface area contributed by atoms with Gasteiger partial charge >= 0.3 is 0 Å². The lowest BCUT2D eigenvalue weighted by atomic mass is 10.0. The van der Waals surface area contributed by atoms with Gasteiger partial charge in [0, 0.05) is 17.9 Å². The molecule has 0 spiro atoms. The van der Waals surface area contributed by atoms with E-state index in [1.54, 1.807) is 0 Å². The maximum Gasteiger partial charge on any atom is 0.0440 e. The summed E-state index contributed by atoms with van der Waals surface area (Å²) in [4.78, 5) is 2.37. The van der Waals surface area contributed by atoms with Crippen LogP contribution in [0.3, 0.4) is 0 Å². The van der Waals surface area contributed by atoms with Gasteiger partial charge in [-0.2, -0.15) is 0 Å². The molecule has 2 rings (SSSR count). The second-order valence-corrected chi connectivity index (χ2v) is 5.19. The smallest absolute Gasteiger partial charge is 0.0440 e. The Morgan fingerprint density at radius 1 is 0.950 bits per heavy atom. The third-order valence-corrected chi connectivity index (χ3v) is 3.71. The third-order valence-electron chi connectivity index (χ3n) is 3.71. The summed E-state index contributed by atoms with van der Waals surface area (Å²) < 4.78 is 0. The van der Waals surface area contributed by atoms with Crippen LogP contribution in [0.15, 0.2) is 42.5 Å². The van der Waals surface area contributed by atoms with Crippen molar-refractivity contribution in [2.24, 2.45) is 5.73 Å². The van der Waals surface area contributed by atoms with Crippen molar-refractivity contribution in [1.82, 2.24) is 0 Å². The number of hydrogen-bond donors (Lipinski definition) is 1. The minimum Gasteiger partial charge on any atom is -0.341 e. The minimum atomic E-state index is 0.702. The molecule has 20 heavy (non-hydrogen) atoms. The van der Waals surface area contributed by atoms with Crippen molar-refractivity contribution < 1.29 is 0 Å². The van der Waals surface area contributed by atoms with Gasteiger partial charge in [0.25, 0.3) is 0 Å². The predicted molar refractivity (Wildman–Crippen MR) is 87.8 cm³/mol. The van der Waals surface area contributed by atoms with E-state index in [0.717, 1.165) is 13.0 Å². The number of rotatable bonds is 5. The molecule has 0 saturated carbocycles. The Morgan fingerprint density at radius 2 is 1.65 bits per heavy atom. The fraction of sp³-hybridized carbons (Fsp3) is 0.333. The van der Waals surface area contributed by atoms with Gasteiger partial charge in [0.1, 0.15) is 0 Å². The lowest BCUT2D eigenvalue weighted by Gasteiger charge is -2.27. The van der Waals surface area contributed by atoms with E-state index in [1.807, 2.05) is 0 Å². The number of benzene rings is 2. The van der Waals surface area contributed by atoms with Gasteiger partial charge in [-0.1, -0.05) is 30.3 Å². The summed E-state index contributed by atoms with van der Waals surface area (Å²) in [5.74, 6) is 0. The molecular weight excluding hydrogens is 244 g/mol. The molecule has 2 heteroatoms. The van der Waals surface area contributed by atoms with Gasteiger partial charge in [0.05, 0.1) is 0 Å². The number of aryl methyl sites for hydroxylation is 2. The average Bonchev–Trinajstić information content (AvgIpc) is 2.44. The summed E-state index contributed by atoms with van der Waals surface area (Å²) in [7, 11) is 0. The van der Waals surface area contributed by atoms with E-state index in [2.05, 4.69) is 68.1 Å². The highest BCUT2D eigenvalue weighted by molar-refractivity contribution is 5.69. The minimum absolute atomic E-state index is 0.702. The molecule has 0 amide bonds. The number of hydrogen-bond acceptors (Lipinski definition) is 2. The van der Waals surface area contributed by atoms with Gasteiger partial charge in [-0.25, -0.2) is 0 Å². The SMILES string of the molecule is CCN(c1ccccc1C)c1ccc(CCN)cc1C. The molecule has 0 heterocycles. The molecule has 2 nitrogen and oxygen atoms in total. The maximum absolute atomic E-state index is 5.64. The Bertz CT molecular complexity index is 575. The van der Waals surface area contributed by atoms with Crippen LogP contribution in [0.4, 0.5) is 11.4 Å². The first-order chi connectivity index (χ1) is 9.67. The highest BCUT2D eigenvalue weighted by Gasteiger charge is 2.11. The van der Waals surface area contributed by atoms with E-state index in [9.17, 15) is 0 Å². The van der Waals surface area contributed by atoms with Crippen molar-refractivity contribution in [1.29, 1.82) is 0 Å². The molecule has 2 N–H and O–H groups in total. The van der Waals surface area contributed by atoms with Crippen LogP contribution in [-0.4, -0.2) is 13.1 Å². The van der Waals surface area contributed by atoms with Crippen LogP contribution >= 0.6 is 0 Å². The van der Waals surface area contributed by atoms with Gasteiger partial charge in [0.15, 0.2) is 0 Å². The van der Waals surface area contributed by atoms with Crippen molar-refractivity contribution in [3.05, 3.63) is 59.2 Å². The third kappa shape index (κ3) is 3.02. The molecule has 0 bridgehead atoms. The van der Waals surface area contributed by atoms with Crippen molar-refractivity contribution >= 4 is 11.4 Å². The lowest BCUT2D eigenvalue weighted by Crippen LogP contribution is -2.18. The van der Waals surface area contributed by atoms with E-state index >= 15 is 0 Å². The zero-order valence-corrected chi connectivity index (χ0v) is 12.7. The van der Waals surface area contributed by atoms with Crippen LogP contribution in [0.5, 0.6) is 0 Å². The fourth-order valence-corrected chi connectivity index (χ4v) is 2.68. The quantitative estimate of drug-likeness (QED) is 0.889. The Labute approximate surface area is 122 Å². The second kappa shape index (κ2) is 6.58. The number of nitrogens with zero attached hydrogens (tertiary/aromatic N) is 1. The summed E-state index contributed by atoms with van der Waals surface area (Å²) in [6, 6.07) is 15.2. The molecule has 0 saturated heterocycles. The Morgan fingerprint density at radius 3 is 2.25 bits per heavy atom. The van der Waals surface area contributed by atoms with Crippen LogP contribution in [0.25, 0.3) is 0 Å². The monoisotopic (exact) mass is 268 g/mol. The van der Waals surface area contributed by atoms with E-state index in [0.29, 0.717) is 6.54 Å². The lowest BCUT2D eigenvalue weighted by molar-refractivity contribution is 0.960. The summed E-state index contributed by atoms with van der Waals surface area (Å²) in [5.41, 5.74) is 12.1. The average molecular weight is 268 g/mol. The topological polar surface area (TPSA) is 29.3 Å². The van der Waals surface area contributed by atoms with Gasteiger partial charge < -0.3 is 10.6 Å². The summed E-state index contributed by atoms with van der Waals surface area (Å²) in [6.07, 6.45) is 0.942. The number of para-hydroxylation sites is 1. The molecule has 0 radical (unpaired) electrons. The van der Waals surface area contributed by atoms with Crippen molar-refractivity contribution in [3.63, 3.8) is 0 Å². The molecule has 0 aromatic heterocycles. The molecule has 0 atom stereocenters. The van der Waals surface area contributed by atoms with E-state index in [4.69, 9.17) is 5.73 Å². The Hall–Kier alpha value is -1.80. The largest absolute Gasteiger partial charge is 0.341 e. The standard InChI is InChI=1S/C18H24N2/c1-4-20(17-8-6-5-7-14(17)2)18-10-9-16(11-12-19)13-15(18)3/h5-10,13H,4,11-12,19H2,1-3H3. The molecule has 0 unspecified atom stereocenters. The molecule has 2 aromatic rings. The Kier molecular flexibility index (Phi) is 4.80. The van der Waals surface area contributed by atoms with Crippen LogP contribution < -0.4 is 10.6 Å². The second-order valence-electron chi connectivity index (χ2n) is 5.19. The summed E-state index contributed by atoms with van der Waals surface area (Å²) in [5, 5.41) is 0. The van der Waals surface area contributed by atoms with Crippen molar-refractivity contribution in [2.45, 2.75) is 27.2 Å². The number of nitrogens with two attached hydrogens (primary N) is 1. The number of anilines is 2. The van der Waals surface area contributed by atoms with Gasteiger partial charge in [0.2, 0.25) is 0 Å². The predicted octanol–water partition coefficient (Wildman–Crippen LogP) is 3.96. The summed E-state index contributed by atoms with van der Waals surface area (Å²) in [6.45, 7) is 8.20. The molecular formula is C18H24N2. The zero-order chi connectivity index (χ0) is 14.5. The van der Waals surface area contributed by atoms with Crippen LogP contribution in [-0.2, 0) is 6.42 Å². The van der Waals surface area contributed by atoms with Gasteiger partial charge in [-0.05, 0) is 62.6 Å². The first kappa shape index (κ1) is 14.6. The first-order valence-corrected chi connectivity index (χ1v) is 7.30. The highest BCUT2D eigenvalue weighted by Crippen LogP contribution is 2.30. The molecule has 0 fully saturated rings. The zero-order valence-electron chi connectivity index (χ0n) is 12.7. The molecule has 2 aromatic carbocycles. The van der Waals surface area contributed by atoms with E-state index in [-0.39, 0.29) is 0 Å². The van der Waals surface area contributed by atoms with E-state index in [1.165, 1.54) is 28.1 Å². The first-order valence-electron chi connectivity index (χ1n) is 7.30. The van der Waals surface area contributed by atoms with Crippen LogP contribution in [0.1, 0.15) is 23.6 Å². The van der Waals surface area contributed by atoms with Crippen LogP contribution in [0.2, 0.25) is 0 Å². The molecule has 0 aliphatic carbocycles. The fourth-order valence-electron chi connectivity index (χ4n) is 2.68. The molecule has 106 valence electrons. The van der Waals surface area contributed by atoms with Gasteiger partial charge in [-0.3, -0.25) is 0 Å². The van der Waals surface area contributed by atoms with Gasteiger partial charge in [-0.15, -0.1) is 0 Å². The highest BCUT2D eigenvalue weighted by atomic mass is 15.1. The van der Waals surface area contributed by atoms with E-state index < -0.39 is 0 Å². The molecule has 0 aliphatic heterocycles. The normalized spacial score (nSPS) is 10.6. The maximum atomic E-state index is 5.64. The van der Waals surface area contributed by atoms with Crippen molar-refractivity contribution in [3.8, 4) is 0 Å². The van der Waals surface area contributed by atoms with Crippen molar-refractivity contribution in [2.75, 3.05) is 18.0 Å². The molecule has 0 aliphatic rings.